The average molecular weight is 643 g/mol. The van der Waals surface area contributed by atoms with Crippen LogP contribution in [0, 0.1) is 0 Å². The van der Waals surface area contributed by atoms with Crippen LogP contribution in [0.15, 0.2) is 184 Å². The van der Waals surface area contributed by atoms with Crippen LogP contribution in [0.3, 0.4) is 0 Å². The van der Waals surface area contributed by atoms with Crippen LogP contribution in [-0.4, -0.2) is 16.2 Å². The third-order valence-electron chi connectivity index (χ3n) is 9.67. The zero-order chi connectivity index (χ0) is 33.0. The first kappa shape index (κ1) is 28.3. The molecule has 1 unspecified atom stereocenters. The Kier molecular flexibility index (Phi) is 6.49. The number of nitrogens with one attached hydrogen (secondary N) is 1. The van der Waals surface area contributed by atoms with Crippen LogP contribution in [0.5, 0.6) is 0 Å². The first-order valence-corrected chi connectivity index (χ1v) is 16.9. The first-order valence-electron chi connectivity index (χ1n) is 16.9. The summed E-state index contributed by atoms with van der Waals surface area (Å²) in [5.74, 6) is 1.50. The van der Waals surface area contributed by atoms with Gasteiger partial charge in [0.2, 0.25) is 0 Å². The van der Waals surface area contributed by atoms with Gasteiger partial charge in [0.15, 0.2) is 11.4 Å². The van der Waals surface area contributed by atoms with E-state index in [1.165, 1.54) is 16.5 Å². The molecule has 0 radical (unpaired) electrons. The SMILES string of the molecule is c1ccc(C2=NC(c3ccc(-n4c5ccc(-c6ccccc6)cc5c5ccc6c7ccccc7oc6c54)cc3)=NC(c3ccccc3)N2)cc1. The summed E-state index contributed by atoms with van der Waals surface area (Å²) in [5.41, 5.74) is 10.4. The predicted molar refractivity (Wildman–Crippen MR) is 205 cm³/mol. The van der Waals surface area contributed by atoms with E-state index in [1.54, 1.807) is 0 Å². The van der Waals surface area contributed by atoms with Crippen LogP contribution < -0.4 is 5.32 Å². The van der Waals surface area contributed by atoms with E-state index in [1.807, 2.05) is 48.5 Å². The molecular weight excluding hydrogens is 613 g/mol. The van der Waals surface area contributed by atoms with Crippen molar-refractivity contribution in [3.05, 3.63) is 187 Å². The van der Waals surface area contributed by atoms with Crippen molar-refractivity contribution in [3.63, 3.8) is 0 Å². The van der Waals surface area contributed by atoms with Gasteiger partial charge in [0.25, 0.3) is 0 Å². The number of rotatable bonds is 5. The number of benzene rings is 7. The van der Waals surface area contributed by atoms with E-state index in [2.05, 4.69) is 131 Å². The molecule has 0 spiro atoms. The molecule has 1 aliphatic rings. The Morgan fingerprint density at radius 2 is 1.18 bits per heavy atom. The molecular formula is C45H30N4O. The van der Waals surface area contributed by atoms with Crippen LogP contribution in [0.2, 0.25) is 0 Å². The van der Waals surface area contributed by atoms with Gasteiger partial charge < -0.3 is 14.3 Å². The van der Waals surface area contributed by atoms with Crippen molar-refractivity contribution in [2.24, 2.45) is 9.98 Å². The molecule has 9 aromatic rings. The number of hydrogen-bond acceptors (Lipinski definition) is 4. The molecule has 5 heteroatoms. The minimum atomic E-state index is -0.254. The van der Waals surface area contributed by atoms with E-state index in [0.717, 1.165) is 66.6 Å². The van der Waals surface area contributed by atoms with Gasteiger partial charge >= 0.3 is 0 Å². The second-order valence-corrected chi connectivity index (χ2v) is 12.7. The van der Waals surface area contributed by atoms with Crippen molar-refractivity contribution in [2.75, 3.05) is 0 Å². The smallest absolute Gasteiger partial charge is 0.160 e. The zero-order valence-electron chi connectivity index (χ0n) is 27.0. The lowest BCUT2D eigenvalue weighted by Gasteiger charge is -2.23. The van der Waals surface area contributed by atoms with Crippen molar-refractivity contribution in [1.82, 2.24) is 9.88 Å². The molecule has 1 atom stereocenters. The molecule has 5 nitrogen and oxygen atoms in total. The summed E-state index contributed by atoms with van der Waals surface area (Å²) in [6.07, 6.45) is -0.254. The standard InChI is InChI=1S/C45H30N4O/c1-4-12-29(13-5-1)33-22-27-39-38(28-33)36-25-26-37-35-18-10-11-19-40(35)50-42(37)41(36)49(39)34-23-20-32(21-24-34)45-47-43(30-14-6-2-7-15-30)46-44(48-45)31-16-8-3-9-17-31/h1-28,43H,(H,46,47,48). The molecule has 0 saturated carbocycles. The number of hydrogen-bond donors (Lipinski definition) is 1. The van der Waals surface area contributed by atoms with Gasteiger partial charge in [0.05, 0.1) is 11.0 Å². The van der Waals surface area contributed by atoms with Crippen molar-refractivity contribution < 1.29 is 4.42 Å². The summed E-state index contributed by atoms with van der Waals surface area (Å²) >= 11 is 0. The van der Waals surface area contributed by atoms with Crippen molar-refractivity contribution in [2.45, 2.75) is 6.17 Å². The molecule has 50 heavy (non-hydrogen) atoms. The minimum Gasteiger partial charge on any atom is -0.454 e. The van der Waals surface area contributed by atoms with E-state index in [4.69, 9.17) is 14.4 Å². The molecule has 236 valence electrons. The number of aromatic nitrogens is 1. The molecule has 0 saturated heterocycles. The highest BCUT2D eigenvalue weighted by Crippen LogP contribution is 2.41. The highest BCUT2D eigenvalue weighted by Gasteiger charge is 2.22. The van der Waals surface area contributed by atoms with Gasteiger partial charge in [-0.25, -0.2) is 9.98 Å². The molecule has 2 aromatic heterocycles. The maximum atomic E-state index is 6.63. The van der Waals surface area contributed by atoms with Gasteiger partial charge in [-0.2, -0.15) is 0 Å². The fourth-order valence-corrected chi connectivity index (χ4v) is 7.25. The van der Waals surface area contributed by atoms with Crippen LogP contribution in [-0.2, 0) is 0 Å². The zero-order valence-corrected chi connectivity index (χ0v) is 27.0. The summed E-state index contributed by atoms with van der Waals surface area (Å²) in [4.78, 5) is 10.1. The third-order valence-corrected chi connectivity index (χ3v) is 9.67. The van der Waals surface area contributed by atoms with Crippen LogP contribution in [0.4, 0.5) is 0 Å². The molecule has 1 N–H and O–H groups in total. The lowest BCUT2D eigenvalue weighted by molar-refractivity contribution is 0.671. The number of amidine groups is 2. The Labute approximate surface area is 288 Å². The maximum absolute atomic E-state index is 6.63. The topological polar surface area (TPSA) is 54.8 Å². The summed E-state index contributed by atoms with van der Waals surface area (Å²) < 4.78 is 8.97. The van der Waals surface area contributed by atoms with Gasteiger partial charge in [0.1, 0.15) is 17.6 Å². The van der Waals surface area contributed by atoms with Gasteiger partial charge in [-0.05, 0) is 65.2 Å². The maximum Gasteiger partial charge on any atom is 0.160 e. The number of fused-ring (bicyclic) bond motifs is 7. The second kappa shape index (κ2) is 11.5. The Morgan fingerprint density at radius 3 is 1.96 bits per heavy atom. The second-order valence-electron chi connectivity index (χ2n) is 12.7. The van der Waals surface area contributed by atoms with E-state index in [9.17, 15) is 0 Å². The van der Waals surface area contributed by atoms with Gasteiger partial charge in [-0.3, -0.25) is 0 Å². The molecule has 1 aliphatic heterocycles. The molecule has 0 bridgehead atoms. The van der Waals surface area contributed by atoms with Gasteiger partial charge in [0, 0.05) is 38.4 Å². The van der Waals surface area contributed by atoms with Crippen molar-refractivity contribution in [1.29, 1.82) is 0 Å². The number of aliphatic imine (C=N–C) groups is 2. The molecule has 0 fully saturated rings. The fourth-order valence-electron chi connectivity index (χ4n) is 7.25. The summed E-state index contributed by atoms with van der Waals surface area (Å²) in [5, 5.41) is 8.11. The van der Waals surface area contributed by atoms with E-state index in [-0.39, 0.29) is 6.17 Å². The average Bonchev–Trinajstić information content (AvgIpc) is 3.74. The first-order chi connectivity index (χ1) is 24.8. The predicted octanol–water partition coefficient (Wildman–Crippen LogP) is 10.8. The Morgan fingerprint density at radius 1 is 0.520 bits per heavy atom. The monoisotopic (exact) mass is 642 g/mol. The quantitative estimate of drug-likeness (QED) is 0.203. The number of para-hydroxylation sites is 1. The lowest BCUT2D eigenvalue weighted by atomic mass is 10.0. The Bertz CT molecular complexity index is 2760. The van der Waals surface area contributed by atoms with Crippen molar-refractivity contribution in [3.8, 4) is 16.8 Å². The van der Waals surface area contributed by atoms with E-state index < -0.39 is 0 Å². The Hall–Kier alpha value is -6.72. The molecule has 3 heterocycles. The van der Waals surface area contributed by atoms with E-state index >= 15 is 0 Å². The number of nitrogens with zero attached hydrogens (tertiary/aromatic N) is 3. The van der Waals surface area contributed by atoms with Gasteiger partial charge in [-0.1, -0.05) is 121 Å². The van der Waals surface area contributed by atoms with E-state index in [0.29, 0.717) is 5.84 Å². The molecule has 7 aromatic carbocycles. The van der Waals surface area contributed by atoms with Gasteiger partial charge in [-0.15, -0.1) is 0 Å². The largest absolute Gasteiger partial charge is 0.454 e. The molecule has 10 rings (SSSR count). The van der Waals surface area contributed by atoms with Crippen LogP contribution >= 0.6 is 0 Å². The van der Waals surface area contributed by atoms with Crippen LogP contribution in [0.25, 0.3) is 60.6 Å². The number of furan rings is 1. The normalized spacial score (nSPS) is 14.6. The highest BCUT2D eigenvalue weighted by atomic mass is 16.3. The summed E-state index contributed by atoms with van der Waals surface area (Å²) in [7, 11) is 0. The summed E-state index contributed by atoms with van der Waals surface area (Å²) in [6.45, 7) is 0. The molecule has 0 aliphatic carbocycles. The third kappa shape index (κ3) is 4.63. The summed E-state index contributed by atoms with van der Waals surface area (Å²) in [6, 6.07) is 59.2. The van der Waals surface area contributed by atoms with Crippen molar-refractivity contribution >= 4 is 55.4 Å². The van der Waals surface area contributed by atoms with Crippen LogP contribution in [0.1, 0.15) is 22.9 Å². The Balaban J connectivity index is 1.15. The lowest BCUT2D eigenvalue weighted by Crippen LogP contribution is -2.33. The minimum absolute atomic E-state index is 0.254. The molecule has 0 amide bonds. The highest BCUT2D eigenvalue weighted by molar-refractivity contribution is 6.22. The fraction of sp³-hybridized carbons (Fsp3) is 0.0222.